The Bertz CT molecular complexity index is 538. The molecule has 0 bridgehead atoms. The number of rotatable bonds is 5. The molecule has 19 heavy (non-hydrogen) atoms. The summed E-state index contributed by atoms with van der Waals surface area (Å²) in [7, 11) is 1.61. The smallest absolute Gasteiger partial charge is 0.129 e. The molecular formula is C15H15IO3. The zero-order valence-corrected chi connectivity index (χ0v) is 12.8. The summed E-state index contributed by atoms with van der Waals surface area (Å²) in [5.74, 6) is 1.37. The van der Waals surface area contributed by atoms with Crippen LogP contribution in [0.15, 0.2) is 42.5 Å². The number of halogens is 1. The van der Waals surface area contributed by atoms with Crippen LogP contribution in [0.25, 0.3) is 0 Å². The van der Waals surface area contributed by atoms with Crippen molar-refractivity contribution in [1.82, 2.24) is 0 Å². The van der Waals surface area contributed by atoms with Gasteiger partial charge in [-0.05, 0) is 52.4 Å². The average molecular weight is 370 g/mol. The molecule has 2 rings (SSSR count). The van der Waals surface area contributed by atoms with Crippen LogP contribution >= 0.6 is 22.6 Å². The Morgan fingerprint density at radius 2 is 1.84 bits per heavy atom. The summed E-state index contributed by atoms with van der Waals surface area (Å²) < 4.78 is 12.1. The minimum Gasteiger partial charge on any atom is -0.497 e. The Hall–Kier alpha value is -1.27. The summed E-state index contributed by atoms with van der Waals surface area (Å²) in [4.78, 5) is 0. The normalized spacial score (nSPS) is 10.3. The lowest BCUT2D eigenvalue weighted by molar-refractivity contribution is 0.258. The van der Waals surface area contributed by atoms with Crippen LogP contribution in [0.2, 0.25) is 0 Å². The molecule has 4 heteroatoms. The molecule has 0 aliphatic rings. The van der Waals surface area contributed by atoms with Crippen LogP contribution in [0, 0.1) is 3.57 Å². The van der Waals surface area contributed by atoms with Gasteiger partial charge in [0.15, 0.2) is 0 Å². The van der Waals surface area contributed by atoms with Crippen molar-refractivity contribution in [2.75, 3.05) is 7.11 Å². The summed E-state index contributed by atoms with van der Waals surface area (Å²) in [6.07, 6.45) is 0. The Labute approximate surface area is 126 Å². The van der Waals surface area contributed by atoms with E-state index >= 15 is 0 Å². The Morgan fingerprint density at radius 1 is 1.11 bits per heavy atom. The van der Waals surface area contributed by atoms with E-state index in [2.05, 4.69) is 22.6 Å². The second-order valence-electron chi connectivity index (χ2n) is 4.05. The predicted octanol–water partition coefficient (Wildman–Crippen LogP) is 3.37. The fraction of sp³-hybridized carbons (Fsp3) is 0.200. The van der Waals surface area contributed by atoms with Gasteiger partial charge in [0.1, 0.15) is 18.1 Å². The number of hydrogen-bond donors (Lipinski definition) is 1. The third-order valence-electron chi connectivity index (χ3n) is 2.75. The molecule has 0 heterocycles. The Balaban J connectivity index is 2.11. The van der Waals surface area contributed by atoms with Crippen molar-refractivity contribution in [2.24, 2.45) is 0 Å². The van der Waals surface area contributed by atoms with Crippen molar-refractivity contribution in [3.05, 3.63) is 57.2 Å². The molecule has 0 unspecified atom stereocenters. The van der Waals surface area contributed by atoms with Crippen LogP contribution in [0.1, 0.15) is 11.1 Å². The predicted molar refractivity (Wildman–Crippen MR) is 82.4 cm³/mol. The average Bonchev–Trinajstić information content (AvgIpc) is 2.46. The molecule has 2 aromatic carbocycles. The van der Waals surface area contributed by atoms with E-state index in [1.54, 1.807) is 13.2 Å². The molecule has 0 saturated heterocycles. The summed E-state index contributed by atoms with van der Waals surface area (Å²) in [6.45, 7) is 0.420. The first-order valence-corrected chi connectivity index (χ1v) is 6.96. The van der Waals surface area contributed by atoms with Crippen LogP contribution in [-0.4, -0.2) is 12.2 Å². The van der Waals surface area contributed by atoms with Crippen LogP contribution in [0.5, 0.6) is 11.5 Å². The highest BCUT2D eigenvalue weighted by Crippen LogP contribution is 2.25. The van der Waals surface area contributed by atoms with E-state index in [1.165, 1.54) is 3.57 Å². The van der Waals surface area contributed by atoms with Gasteiger partial charge in [-0.25, -0.2) is 0 Å². The van der Waals surface area contributed by atoms with E-state index < -0.39 is 0 Å². The molecule has 0 aromatic heterocycles. The number of hydrogen-bond acceptors (Lipinski definition) is 3. The number of benzene rings is 2. The lowest BCUT2D eigenvalue weighted by atomic mass is 10.2. The maximum absolute atomic E-state index is 9.29. The van der Waals surface area contributed by atoms with Gasteiger partial charge in [0.25, 0.3) is 0 Å². The zero-order chi connectivity index (χ0) is 13.7. The molecule has 0 saturated carbocycles. The van der Waals surface area contributed by atoms with Crippen molar-refractivity contribution >= 4 is 22.6 Å². The molecule has 0 aliphatic carbocycles. The lowest BCUT2D eigenvalue weighted by Gasteiger charge is -2.11. The first-order chi connectivity index (χ1) is 9.22. The van der Waals surface area contributed by atoms with E-state index in [0.717, 1.165) is 16.9 Å². The fourth-order valence-corrected chi connectivity index (χ4v) is 2.03. The summed E-state index contributed by atoms with van der Waals surface area (Å²) >= 11 is 2.27. The van der Waals surface area contributed by atoms with Gasteiger partial charge < -0.3 is 14.6 Å². The summed E-state index contributed by atoms with van der Waals surface area (Å²) in [5, 5.41) is 9.29. The van der Waals surface area contributed by atoms with E-state index in [4.69, 9.17) is 9.47 Å². The number of aliphatic hydroxyl groups excluding tert-OH is 1. The second-order valence-corrected chi connectivity index (χ2v) is 5.29. The molecular weight excluding hydrogens is 355 g/mol. The molecule has 3 nitrogen and oxygen atoms in total. The maximum atomic E-state index is 9.29. The molecule has 1 N–H and O–H groups in total. The van der Waals surface area contributed by atoms with E-state index in [1.807, 2.05) is 36.4 Å². The van der Waals surface area contributed by atoms with Gasteiger partial charge in [0, 0.05) is 15.2 Å². The van der Waals surface area contributed by atoms with Gasteiger partial charge >= 0.3 is 0 Å². The van der Waals surface area contributed by atoms with Crippen molar-refractivity contribution in [2.45, 2.75) is 13.2 Å². The molecule has 100 valence electrons. The minimum absolute atomic E-state index is 0.0496. The van der Waals surface area contributed by atoms with Crippen molar-refractivity contribution in [3.8, 4) is 11.5 Å². The third-order valence-corrected chi connectivity index (χ3v) is 3.47. The molecule has 0 fully saturated rings. The van der Waals surface area contributed by atoms with Crippen molar-refractivity contribution < 1.29 is 14.6 Å². The molecule has 0 atom stereocenters. The second kappa shape index (κ2) is 6.77. The highest BCUT2D eigenvalue weighted by atomic mass is 127. The van der Waals surface area contributed by atoms with E-state index in [0.29, 0.717) is 12.4 Å². The monoisotopic (exact) mass is 370 g/mol. The van der Waals surface area contributed by atoms with Gasteiger partial charge in [-0.2, -0.15) is 0 Å². The van der Waals surface area contributed by atoms with Crippen LogP contribution in [-0.2, 0) is 13.2 Å². The molecule has 0 radical (unpaired) electrons. The van der Waals surface area contributed by atoms with Gasteiger partial charge in [-0.3, -0.25) is 0 Å². The fourth-order valence-electron chi connectivity index (χ4n) is 1.67. The van der Waals surface area contributed by atoms with Gasteiger partial charge in [-0.15, -0.1) is 0 Å². The molecule has 0 spiro atoms. The minimum atomic E-state index is -0.0496. The topological polar surface area (TPSA) is 38.7 Å². The van der Waals surface area contributed by atoms with Crippen LogP contribution < -0.4 is 9.47 Å². The summed E-state index contributed by atoms with van der Waals surface area (Å²) in [5.41, 5.74) is 1.85. The maximum Gasteiger partial charge on any atom is 0.129 e. The standard InChI is InChI=1S/C15H15IO3/c1-18-14-7-4-12(9-17)15(8-14)19-10-11-2-5-13(16)6-3-11/h2-8,17H,9-10H2,1H3. The van der Waals surface area contributed by atoms with Crippen LogP contribution in [0.4, 0.5) is 0 Å². The van der Waals surface area contributed by atoms with Gasteiger partial charge in [0.2, 0.25) is 0 Å². The van der Waals surface area contributed by atoms with Crippen LogP contribution in [0.3, 0.4) is 0 Å². The highest BCUT2D eigenvalue weighted by Gasteiger charge is 2.05. The SMILES string of the molecule is COc1ccc(CO)c(OCc2ccc(I)cc2)c1. The molecule has 0 amide bonds. The lowest BCUT2D eigenvalue weighted by Crippen LogP contribution is -1.99. The first kappa shape index (κ1) is 14.1. The molecule has 2 aromatic rings. The Morgan fingerprint density at radius 3 is 2.47 bits per heavy atom. The molecule has 0 aliphatic heterocycles. The largest absolute Gasteiger partial charge is 0.497 e. The highest BCUT2D eigenvalue weighted by molar-refractivity contribution is 14.1. The van der Waals surface area contributed by atoms with Crippen molar-refractivity contribution in [3.63, 3.8) is 0 Å². The quantitative estimate of drug-likeness (QED) is 0.821. The van der Waals surface area contributed by atoms with E-state index in [-0.39, 0.29) is 6.61 Å². The van der Waals surface area contributed by atoms with Gasteiger partial charge in [-0.1, -0.05) is 12.1 Å². The zero-order valence-electron chi connectivity index (χ0n) is 10.6. The van der Waals surface area contributed by atoms with Gasteiger partial charge in [0.05, 0.1) is 13.7 Å². The Kier molecular flexibility index (Phi) is 5.04. The number of ether oxygens (including phenoxy) is 2. The number of methoxy groups -OCH3 is 1. The third kappa shape index (κ3) is 3.84. The first-order valence-electron chi connectivity index (χ1n) is 5.88. The summed E-state index contributed by atoms with van der Waals surface area (Å²) in [6, 6.07) is 13.5. The number of aliphatic hydroxyl groups is 1. The van der Waals surface area contributed by atoms with Crippen molar-refractivity contribution in [1.29, 1.82) is 0 Å². The van der Waals surface area contributed by atoms with E-state index in [9.17, 15) is 5.11 Å².